The number of likely N-dealkylation sites (tertiary alicyclic amines) is 1. The van der Waals surface area contributed by atoms with Gasteiger partial charge in [-0.3, -0.25) is 4.79 Å². The van der Waals surface area contributed by atoms with Crippen molar-refractivity contribution in [3.63, 3.8) is 0 Å². The van der Waals surface area contributed by atoms with Crippen molar-refractivity contribution in [1.82, 2.24) is 4.90 Å². The number of ether oxygens (including phenoxy) is 1. The Morgan fingerprint density at radius 3 is 2.43 bits per heavy atom. The van der Waals surface area contributed by atoms with Crippen LogP contribution in [0.1, 0.15) is 79.8 Å². The molecule has 2 aromatic rings. The Morgan fingerprint density at radius 2 is 1.71 bits per heavy atom. The van der Waals surface area contributed by atoms with Crippen LogP contribution in [-0.2, 0) is 22.4 Å². The molecule has 3 rings (SSSR count). The molecule has 0 spiro atoms. The highest BCUT2D eigenvalue weighted by Gasteiger charge is 2.31. The number of carbonyl (C=O) groups excluding carboxylic acids is 2. The summed E-state index contributed by atoms with van der Waals surface area (Å²) in [4.78, 5) is 26.1. The van der Waals surface area contributed by atoms with Crippen LogP contribution >= 0.6 is 0 Å². The monoisotopic (exact) mass is 479 g/mol. The molecule has 1 N–H and O–H groups in total. The average molecular weight is 480 g/mol. The van der Waals surface area contributed by atoms with Crippen molar-refractivity contribution in [3.05, 3.63) is 71.3 Å². The molecule has 1 saturated heterocycles. The summed E-state index contributed by atoms with van der Waals surface area (Å²) in [5.74, 6) is 0.152. The maximum absolute atomic E-state index is 12.5. The third kappa shape index (κ3) is 8.50. The molecule has 5 nitrogen and oxygen atoms in total. The summed E-state index contributed by atoms with van der Waals surface area (Å²) in [7, 11) is 1.38. The second-order valence-electron chi connectivity index (χ2n) is 9.93. The normalized spacial score (nSPS) is 17.4. The zero-order valence-electron chi connectivity index (χ0n) is 21.3. The number of esters is 1. The van der Waals surface area contributed by atoms with Gasteiger partial charge in [-0.2, -0.15) is 0 Å². The highest BCUT2D eigenvalue weighted by Crippen LogP contribution is 2.26. The van der Waals surface area contributed by atoms with Crippen LogP contribution in [0.2, 0.25) is 0 Å². The number of benzene rings is 2. The second kappa shape index (κ2) is 14.0. The lowest BCUT2D eigenvalue weighted by molar-refractivity contribution is -0.129. The summed E-state index contributed by atoms with van der Waals surface area (Å²) in [6.07, 6.45) is 9.21. The van der Waals surface area contributed by atoms with Crippen molar-refractivity contribution in [2.24, 2.45) is 5.92 Å². The second-order valence-corrected chi connectivity index (χ2v) is 9.93. The maximum atomic E-state index is 12.5. The Hall–Kier alpha value is -2.66. The summed E-state index contributed by atoms with van der Waals surface area (Å²) >= 11 is 0. The van der Waals surface area contributed by atoms with E-state index in [-0.39, 0.29) is 29.9 Å². The lowest BCUT2D eigenvalue weighted by atomic mass is 9.92. The van der Waals surface area contributed by atoms with Gasteiger partial charge >= 0.3 is 5.97 Å². The van der Waals surface area contributed by atoms with E-state index >= 15 is 0 Å². The molecule has 1 fully saturated rings. The molecule has 0 radical (unpaired) electrons. The lowest BCUT2D eigenvalue weighted by Crippen LogP contribution is -2.35. The number of carbonyl (C=O) groups is 2. The molecule has 3 atom stereocenters. The van der Waals surface area contributed by atoms with Crippen LogP contribution in [0.25, 0.3) is 0 Å². The van der Waals surface area contributed by atoms with Crippen molar-refractivity contribution in [1.29, 1.82) is 0 Å². The van der Waals surface area contributed by atoms with Crippen LogP contribution in [0, 0.1) is 5.92 Å². The molecule has 0 saturated carbocycles. The van der Waals surface area contributed by atoms with E-state index in [9.17, 15) is 14.7 Å². The van der Waals surface area contributed by atoms with E-state index < -0.39 is 0 Å². The highest BCUT2D eigenvalue weighted by molar-refractivity contribution is 5.89. The van der Waals surface area contributed by atoms with E-state index in [1.807, 2.05) is 17.0 Å². The fourth-order valence-corrected chi connectivity index (χ4v) is 5.03. The number of methoxy groups -OCH3 is 1. The van der Waals surface area contributed by atoms with Gasteiger partial charge in [-0.1, -0.05) is 62.2 Å². The molecule has 2 aromatic carbocycles. The van der Waals surface area contributed by atoms with Crippen molar-refractivity contribution < 1.29 is 19.4 Å². The lowest BCUT2D eigenvalue weighted by Gasteiger charge is -2.27. The van der Waals surface area contributed by atoms with Gasteiger partial charge in [-0.05, 0) is 74.1 Å². The minimum absolute atomic E-state index is 0.210. The minimum Gasteiger partial charge on any atom is -0.465 e. The zero-order chi connectivity index (χ0) is 25.0. The summed E-state index contributed by atoms with van der Waals surface area (Å²) in [6.45, 7) is 2.82. The number of aryl methyl sites for hydroxylation is 1. The Kier molecular flexibility index (Phi) is 10.8. The van der Waals surface area contributed by atoms with Gasteiger partial charge in [-0.25, -0.2) is 4.79 Å². The number of aliphatic hydroxyl groups excluding tert-OH is 1. The Morgan fingerprint density at radius 1 is 1.00 bits per heavy atom. The molecule has 1 aliphatic rings. The van der Waals surface area contributed by atoms with Gasteiger partial charge in [0.15, 0.2) is 0 Å². The van der Waals surface area contributed by atoms with Crippen LogP contribution in [-0.4, -0.2) is 47.7 Å². The zero-order valence-corrected chi connectivity index (χ0v) is 21.3. The molecule has 1 aliphatic heterocycles. The smallest absolute Gasteiger partial charge is 0.337 e. The molecule has 1 heterocycles. The molecule has 5 heteroatoms. The summed E-state index contributed by atoms with van der Waals surface area (Å²) in [5, 5.41) is 10.7. The number of aliphatic hydroxyl groups is 1. The SMILES string of the molecule is COC(=O)c1ccc(CCN2C(=O)CCC2CC[C@@H](O)[C@@H](C)CCCCCc2ccccc2)cc1. The molecule has 0 bridgehead atoms. The molecular formula is C30H41NO4. The summed E-state index contributed by atoms with van der Waals surface area (Å²) in [5.41, 5.74) is 3.03. The van der Waals surface area contributed by atoms with Crippen molar-refractivity contribution >= 4 is 11.9 Å². The third-order valence-electron chi connectivity index (χ3n) is 7.39. The van der Waals surface area contributed by atoms with Gasteiger partial charge in [0.25, 0.3) is 0 Å². The molecule has 35 heavy (non-hydrogen) atoms. The van der Waals surface area contributed by atoms with Crippen molar-refractivity contribution in [3.8, 4) is 0 Å². The third-order valence-corrected chi connectivity index (χ3v) is 7.39. The van der Waals surface area contributed by atoms with E-state index in [1.54, 1.807) is 12.1 Å². The molecular weight excluding hydrogens is 438 g/mol. The van der Waals surface area contributed by atoms with Crippen molar-refractivity contribution in [2.75, 3.05) is 13.7 Å². The molecule has 0 aliphatic carbocycles. The predicted octanol–water partition coefficient (Wildman–Crippen LogP) is 5.59. The fourth-order valence-electron chi connectivity index (χ4n) is 5.03. The first-order valence-corrected chi connectivity index (χ1v) is 13.2. The van der Waals surface area contributed by atoms with Gasteiger partial charge in [0.1, 0.15) is 0 Å². The predicted molar refractivity (Wildman–Crippen MR) is 139 cm³/mol. The van der Waals surface area contributed by atoms with Gasteiger partial charge < -0.3 is 14.7 Å². The first-order chi connectivity index (χ1) is 17.0. The van der Waals surface area contributed by atoms with Crippen molar-refractivity contribution in [2.45, 2.75) is 83.3 Å². The summed E-state index contributed by atoms with van der Waals surface area (Å²) in [6, 6.07) is 18.2. The van der Waals surface area contributed by atoms with E-state index in [0.29, 0.717) is 18.5 Å². The molecule has 190 valence electrons. The number of rotatable bonds is 14. The molecule has 0 aromatic heterocycles. The fraction of sp³-hybridized carbons (Fsp3) is 0.533. The van der Waals surface area contributed by atoms with Gasteiger partial charge in [-0.15, -0.1) is 0 Å². The van der Waals surface area contributed by atoms with E-state index in [1.165, 1.54) is 25.5 Å². The number of hydrogen-bond donors (Lipinski definition) is 1. The Labute approximate surface area is 210 Å². The quantitative estimate of drug-likeness (QED) is 0.283. The summed E-state index contributed by atoms with van der Waals surface area (Å²) < 4.78 is 4.75. The number of hydrogen-bond acceptors (Lipinski definition) is 4. The van der Waals surface area contributed by atoms with Crippen LogP contribution in [0.4, 0.5) is 0 Å². The molecule has 1 amide bonds. The topological polar surface area (TPSA) is 66.8 Å². The van der Waals surface area contributed by atoms with Crippen LogP contribution in [0.3, 0.4) is 0 Å². The largest absolute Gasteiger partial charge is 0.465 e. The van der Waals surface area contributed by atoms with Gasteiger partial charge in [0.05, 0.1) is 18.8 Å². The first kappa shape index (κ1) is 26.9. The van der Waals surface area contributed by atoms with E-state index in [0.717, 1.165) is 50.5 Å². The molecule has 1 unspecified atom stereocenters. The number of nitrogens with zero attached hydrogens (tertiary/aromatic N) is 1. The standard InChI is InChI=1S/C30H41NO4/c1-23(9-5-3-6-10-24-11-7-4-8-12-24)28(32)19-17-27-18-20-29(33)31(27)22-21-25-13-15-26(16-14-25)30(34)35-2/h4,7-8,11-16,23,27-28,32H,3,5-6,9-10,17-22H2,1-2H3/t23-,27?,28+/m0/s1. The number of amides is 1. The van der Waals surface area contributed by atoms with Gasteiger partial charge in [0, 0.05) is 19.0 Å². The van der Waals surface area contributed by atoms with Crippen LogP contribution in [0.15, 0.2) is 54.6 Å². The van der Waals surface area contributed by atoms with Crippen LogP contribution < -0.4 is 0 Å². The van der Waals surface area contributed by atoms with E-state index in [4.69, 9.17) is 4.74 Å². The van der Waals surface area contributed by atoms with Gasteiger partial charge in [0.2, 0.25) is 5.91 Å². The average Bonchev–Trinajstić information content (AvgIpc) is 3.25. The Bertz CT molecular complexity index is 912. The minimum atomic E-state index is -0.341. The Balaban J connectivity index is 1.35. The highest BCUT2D eigenvalue weighted by atomic mass is 16.5. The van der Waals surface area contributed by atoms with E-state index in [2.05, 4.69) is 37.3 Å². The van der Waals surface area contributed by atoms with Crippen LogP contribution in [0.5, 0.6) is 0 Å². The maximum Gasteiger partial charge on any atom is 0.337 e. The first-order valence-electron chi connectivity index (χ1n) is 13.2. The number of unbranched alkanes of at least 4 members (excludes halogenated alkanes) is 2.